The maximum absolute atomic E-state index is 5.48. The van der Waals surface area contributed by atoms with Crippen molar-refractivity contribution in [2.45, 2.75) is 64.7 Å². The number of hydrogen-bond donors (Lipinski definition) is 1. The fraction of sp³-hybridized carbons (Fsp3) is 0.929. The third kappa shape index (κ3) is 13.8. The summed E-state index contributed by atoms with van der Waals surface area (Å²) in [6, 6.07) is 0. The normalized spacial score (nSPS) is 11.0. The maximum Gasteiger partial charge on any atom is 0.0740 e. The molecular formula is C14H30N2S. The monoisotopic (exact) mass is 258 g/mol. The number of thiocarbonyl (C=S) groups is 1. The second-order valence-corrected chi connectivity index (χ2v) is 5.52. The summed E-state index contributed by atoms with van der Waals surface area (Å²) in [5.41, 5.74) is 5.48. The molecule has 0 aliphatic heterocycles. The molecule has 0 fully saturated rings. The van der Waals surface area contributed by atoms with Crippen LogP contribution < -0.4 is 5.73 Å². The number of unbranched alkanes of at least 4 members (excludes halogenated alkanes) is 7. The zero-order valence-electron chi connectivity index (χ0n) is 11.7. The van der Waals surface area contributed by atoms with E-state index in [2.05, 4.69) is 18.9 Å². The van der Waals surface area contributed by atoms with Crippen molar-refractivity contribution in [3.63, 3.8) is 0 Å². The number of rotatable bonds is 12. The van der Waals surface area contributed by atoms with Gasteiger partial charge in [0, 0.05) is 13.0 Å². The van der Waals surface area contributed by atoms with E-state index >= 15 is 0 Å². The molecule has 0 radical (unpaired) electrons. The Kier molecular flexibility index (Phi) is 12.2. The van der Waals surface area contributed by atoms with Crippen molar-refractivity contribution in [1.29, 1.82) is 0 Å². The molecule has 0 atom stereocenters. The molecule has 2 N–H and O–H groups in total. The molecule has 0 aliphatic rings. The van der Waals surface area contributed by atoms with Gasteiger partial charge in [-0.3, -0.25) is 0 Å². The van der Waals surface area contributed by atoms with E-state index in [0.717, 1.165) is 13.0 Å². The van der Waals surface area contributed by atoms with Crippen LogP contribution in [0.1, 0.15) is 64.7 Å². The Labute approximate surface area is 113 Å². The summed E-state index contributed by atoms with van der Waals surface area (Å²) < 4.78 is 0. The second-order valence-electron chi connectivity index (χ2n) is 4.99. The quantitative estimate of drug-likeness (QED) is 0.427. The van der Waals surface area contributed by atoms with Crippen LogP contribution in [0.25, 0.3) is 0 Å². The van der Waals surface area contributed by atoms with Crippen molar-refractivity contribution in [3.05, 3.63) is 0 Å². The molecule has 0 saturated heterocycles. The van der Waals surface area contributed by atoms with Crippen LogP contribution in [0, 0.1) is 0 Å². The predicted octanol–water partition coefficient (Wildman–Crippen LogP) is 3.74. The fourth-order valence-electron chi connectivity index (χ4n) is 1.93. The number of nitrogens with two attached hydrogens (primary N) is 1. The van der Waals surface area contributed by atoms with Crippen LogP contribution in [0.15, 0.2) is 0 Å². The molecule has 0 spiro atoms. The van der Waals surface area contributed by atoms with Crippen molar-refractivity contribution >= 4 is 17.2 Å². The highest BCUT2D eigenvalue weighted by Gasteiger charge is 1.99. The van der Waals surface area contributed by atoms with Gasteiger partial charge in [0.1, 0.15) is 0 Å². The van der Waals surface area contributed by atoms with Crippen LogP contribution in [0.4, 0.5) is 0 Å². The number of hydrogen-bond acceptors (Lipinski definition) is 2. The Bertz CT molecular complexity index is 183. The topological polar surface area (TPSA) is 29.3 Å². The van der Waals surface area contributed by atoms with Crippen molar-refractivity contribution < 1.29 is 0 Å². The molecule has 0 bridgehead atoms. The van der Waals surface area contributed by atoms with Gasteiger partial charge >= 0.3 is 0 Å². The zero-order chi connectivity index (χ0) is 12.9. The van der Waals surface area contributed by atoms with E-state index in [-0.39, 0.29) is 0 Å². The van der Waals surface area contributed by atoms with Crippen molar-refractivity contribution in [3.8, 4) is 0 Å². The van der Waals surface area contributed by atoms with Gasteiger partial charge in [-0.25, -0.2) is 0 Å². The van der Waals surface area contributed by atoms with Crippen LogP contribution >= 0.6 is 12.2 Å². The Balaban J connectivity index is 3.13. The van der Waals surface area contributed by atoms with E-state index in [1.165, 1.54) is 57.9 Å². The first kappa shape index (κ1) is 16.9. The highest BCUT2D eigenvalue weighted by molar-refractivity contribution is 7.80. The summed E-state index contributed by atoms with van der Waals surface area (Å²) in [5.74, 6) is 0. The first-order valence-electron chi connectivity index (χ1n) is 7.13. The molecule has 0 rings (SSSR count). The highest BCUT2D eigenvalue weighted by atomic mass is 32.1. The van der Waals surface area contributed by atoms with Gasteiger partial charge in [0.05, 0.1) is 4.99 Å². The molecule has 0 saturated carbocycles. The Hall–Kier alpha value is -0.150. The van der Waals surface area contributed by atoms with E-state index in [9.17, 15) is 0 Å². The van der Waals surface area contributed by atoms with Crippen molar-refractivity contribution in [2.24, 2.45) is 5.73 Å². The van der Waals surface area contributed by atoms with E-state index in [4.69, 9.17) is 18.0 Å². The molecule has 102 valence electrons. The summed E-state index contributed by atoms with van der Waals surface area (Å²) in [7, 11) is 2.15. The minimum atomic E-state index is 0.632. The summed E-state index contributed by atoms with van der Waals surface area (Å²) in [5, 5.41) is 0. The summed E-state index contributed by atoms with van der Waals surface area (Å²) in [4.78, 5) is 2.96. The summed E-state index contributed by atoms with van der Waals surface area (Å²) in [6.45, 7) is 4.45. The van der Waals surface area contributed by atoms with E-state index in [1.54, 1.807) is 0 Å². The lowest BCUT2D eigenvalue weighted by molar-refractivity contribution is 0.333. The molecule has 0 aliphatic carbocycles. The Morgan fingerprint density at radius 2 is 1.47 bits per heavy atom. The van der Waals surface area contributed by atoms with Gasteiger partial charge in [-0.15, -0.1) is 0 Å². The first-order valence-corrected chi connectivity index (χ1v) is 7.54. The minimum Gasteiger partial charge on any atom is -0.393 e. The van der Waals surface area contributed by atoms with Gasteiger partial charge in [0.15, 0.2) is 0 Å². The lowest BCUT2D eigenvalue weighted by atomic mass is 10.1. The highest BCUT2D eigenvalue weighted by Crippen LogP contribution is 2.08. The van der Waals surface area contributed by atoms with Gasteiger partial charge in [-0.2, -0.15) is 0 Å². The number of nitrogens with zero attached hydrogens (tertiary/aromatic N) is 1. The van der Waals surface area contributed by atoms with Gasteiger partial charge in [0.25, 0.3) is 0 Å². The fourth-order valence-corrected chi connectivity index (χ4v) is 2.02. The summed E-state index contributed by atoms with van der Waals surface area (Å²) in [6.07, 6.45) is 11.9. The second kappa shape index (κ2) is 12.3. The molecule has 17 heavy (non-hydrogen) atoms. The lowest BCUT2D eigenvalue weighted by Gasteiger charge is -2.15. The smallest absolute Gasteiger partial charge is 0.0740 e. The Morgan fingerprint density at radius 3 is 2.00 bits per heavy atom. The molecular weight excluding hydrogens is 228 g/mol. The largest absolute Gasteiger partial charge is 0.393 e. The SMILES string of the molecule is CCCCCCCCCCN(C)CCC(N)=S. The third-order valence-corrected chi connectivity index (χ3v) is 3.34. The first-order chi connectivity index (χ1) is 8.16. The van der Waals surface area contributed by atoms with Gasteiger partial charge in [0.2, 0.25) is 0 Å². The molecule has 0 unspecified atom stereocenters. The van der Waals surface area contributed by atoms with Gasteiger partial charge < -0.3 is 10.6 Å². The van der Waals surface area contributed by atoms with Crippen LogP contribution in [-0.2, 0) is 0 Å². The van der Waals surface area contributed by atoms with Crippen LogP contribution in [0.5, 0.6) is 0 Å². The van der Waals surface area contributed by atoms with E-state index in [0.29, 0.717) is 4.99 Å². The lowest BCUT2D eigenvalue weighted by Crippen LogP contribution is -2.24. The van der Waals surface area contributed by atoms with E-state index < -0.39 is 0 Å². The van der Waals surface area contributed by atoms with E-state index in [1.807, 2.05) is 0 Å². The van der Waals surface area contributed by atoms with Gasteiger partial charge in [-0.1, -0.05) is 64.1 Å². The maximum atomic E-state index is 5.48. The minimum absolute atomic E-state index is 0.632. The van der Waals surface area contributed by atoms with Crippen LogP contribution in [-0.4, -0.2) is 30.0 Å². The Morgan fingerprint density at radius 1 is 0.941 bits per heavy atom. The predicted molar refractivity (Wildman–Crippen MR) is 81.5 cm³/mol. The molecule has 0 aromatic carbocycles. The molecule has 0 amide bonds. The van der Waals surface area contributed by atoms with Crippen molar-refractivity contribution in [2.75, 3.05) is 20.1 Å². The average Bonchev–Trinajstić information content (AvgIpc) is 2.30. The molecule has 0 aromatic rings. The molecule has 2 nitrogen and oxygen atoms in total. The average molecular weight is 258 g/mol. The van der Waals surface area contributed by atoms with Crippen LogP contribution in [0.3, 0.4) is 0 Å². The van der Waals surface area contributed by atoms with Crippen LogP contribution in [0.2, 0.25) is 0 Å². The molecule has 0 aromatic heterocycles. The zero-order valence-corrected chi connectivity index (χ0v) is 12.5. The van der Waals surface area contributed by atoms with Gasteiger partial charge in [-0.05, 0) is 20.0 Å². The molecule has 0 heterocycles. The molecule has 3 heteroatoms. The standard InChI is InChI=1S/C14H30N2S/c1-3-4-5-6-7-8-9-10-12-16(2)13-11-14(15)17/h3-13H2,1-2H3,(H2,15,17). The third-order valence-electron chi connectivity index (χ3n) is 3.13. The summed E-state index contributed by atoms with van der Waals surface area (Å²) >= 11 is 4.87. The van der Waals surface area contributed by atoms with Crippen molar-refractivity contribution in [1.82, 2.24) is 4.90 Å².